The number of aromatic nitrogens is 2. The van der Waals surface area contributed by atoms with Crippen LogP contribution in [0.2, 0.25) is 0 Å². The maximum absolute atomic E-state index is 11.6. The summed E-state index contributed by atoms with van der Waals surface area (Å²) in [5.41, 5.74) is 2.33. The second-order valence-electron chi connectivity index (χ2n) is 8.56. The molecule has 0 aliphatic carbocycles. The van der Waals surface area contributed by atoms with Crippen molar-refractivity contribution in [3.63, 3.8) is 0 Å². The maximum atomic E-state index is 11.6. The smallest absolute Gasteiger partial charge is 0.156 e. The van der Waals surface area contributed by atoms with Crippen molar-refractivity contribution in [1.82, 2.24) is 9.97 Å². The number of benzene rings is 3. The third kappa shape index (κ3) is 6.55. The molecule has 4 rings (SSSR count). The molecule has 3 aromatic carbocycles. The lowest BCUT2D eigenvalue weighted by atomic mass is 10.1. The van der Waals surface area contributed by atoms with E-state index in [9.17, 15) is 4.79 Å². The molecule has 1 aromatic heterocycles. The van der Waals surface area contributed by atoms with Gasteiger partial charge in [0.25, 0.3) is 0 Å². The first-order valence-electron chi connectivity index (χ1n) is 12.0. The van der Waals surface area contributed by atoms with Gasteiger partial charge in [-0.1, -0.05) is 74.0 Å². The Morgan fingerprint density at radius 1 is 0.939 bits per heavy atom. The lowest BCUT2D eigenvalue weighted by Gasteiger charge is -2.18. The summed E-state index contributed by atoms with van der Waals surface area (Å²) in [5.74, 6) is 2.05. The first kappa shape index (κ1) is 22.8. The molecule has 0 spiro atoms. The van der Waals surface area contributed by atoms with E-state index in [0.717, 1.165) is 54.8 Å². The lowest BCUT2D eigenvalue weighted by Crippen LogP contribution is -2.10. The highest BCUT2D eigenvalue weighted by atomic mass is 16.5. The number of fused-ring (bicyclic) bond motifs is 1. The summed E-state index contributed by atoms with van der Waals surface area (Å²) < 4.78 is 6.46. The maximum Gasteiger partial charge on any atom is 0.156 e. The van der Waals surface area contributed by atoms with Crippen molar-refractivity contribution in [1.29, 1.82) is 0 Å². The van der Waals surface area contributed by atoms with Crippen molar-refractivity contribution < 1.29 is 9.53 Å². The van der Waals surface area contributed by atoms with Gasteiger partial charge < -0.3 is 9.72 Å². The summed E-state index contributed by atoms with van der Waals surface area (Å²) in [6.45, 7) is 1.93. The van der Waals surface area contributed by atoms with Gasteiger partial charge in [0.1, 0.15) is 17.4 Å². The molecule has 0 bridgehead atoms. The topological polar surface area (TPSA) is 55.0 Å². The van der Waals surface area contributed by atoms with Crippen LogP contribution in [-0.4, -0.2) is 15.8 Å². The van der Waals surface area contributed by atoms with Crippen LogP contribution >= 0.6 is 0 Å². The lowest BCUT2D eigenvalue weighted by molar-refractivity contribution is -0.118. The monoisotopic (exact) mass is 440 g/mol. The molecule has 4 heteroatoms. The van der Waals surface area contributed by atoms with Crippen LogP contribution in [0.4, 0.5) is 0 Å². The van der Waals surface area contributed by atoms with Gasteiger partial charge >= 0.3 is 0 Å². The SMILES string of the molecule is CCC(=O)CCCCCC(Oc1ccc2ccccc2c1)c1ncc(Cc2ccccc2)[nH]1. The summed E-state index contributed by atoms with van der Waals surface area (Å²) >= 11 is 0. The first-order chi connectivity index (χ1) is 16.2. The van der Waals surface area contributed by atoms with Crippen LogP contribution in [0.5, 0.6) is 5.75 Å². The number of hydrogen-bond acceptors (Lipinski definition) is 3. The Hall–Kier alpha value is -3.40. The molecule has 4 nitrogen and oxygen atoms in total. The Morgan fingerprint density at radius 3 is 2.55 bits per heavy atom. The number of aromatic amines is 1. The van der Waals surface area contributed by atoms with E-state index in [1.165, 1.54) is 10.9 Å². The quantitative estimate of drug-likeness (QED) is 0.237. The molecule has 170 valence electrons. The van der Waals surface area contributed by atoms with E-state index in [-0.39, 0.29) is 6.10 Å². The van der Waals surface area contributed by atoms with Crippen molar-refractivity contribution >= 4 is 16.6 Å². The molecule has 0 saturated carbocycles. The number of imidazole rings is 1. The van der Waals surface area contributed by atoms with Crippen molar-refractivity contribution in [2.45, 2.75) is 58.0 Å². The highest BCUT2D eigenvalue weighted by Gasteiger charge is 2.18. The van der Waals surface area contributed by atoms with Crippen molar-refractivity contribution in [3.05, 3.63) is 96.1 Å². The predicted molar refractivity (Wildman–Crippen MR) is 134 cm³/mol. The molecule has 0 saturated heterocycles. The zero-order valence-corrected chi connectivity index (χ0v) is 19.3. The van der Waals surface area contributed by atoms with E-state index < -0.39 is 0 Å². The van der Waals surface area contributed by atoms with Crippen LogP contribution in [0, 0.1) is 0 Å². The zero-order chi connectivity index (χ0) is 22.9. The van der Waals surface area contributed by atoms with Crippen molar-refractivity contribution in [3.8, 4) is 5.75 Å². The number of carbonyl (C=O) groups is 1. The van der Waals surface area contributed by atoms with Gasteiger partial charge in [-0.3, -0.25) is 4.79 Å². The predicted octanol–water partition coefficient (Wildman–Crippen LogP) is 7.20. The van der Waals surface area contributed by atoms with Crippen LogP contribution in [0.25, 0.3) is 10.8 Å². The van der Waals surface area contributed by atoms with Gasteiger partial charge in [0.2, 0.25) is 0 Å². The average molecular weight is 441 g/mol. The van der Waals surface area contributed by atoms with Crippen LogP contribution in [0.1, 0.15) is 68.6 Å². The van der Waals surface area contributed by atoms with Crippen LogP contribution in [-0.2, 0) is 11.2 Å². The number of ketones is 1. The van der Waals surface area contributed by atoms with E-state index in [2.05, 4.69) is 58.5 Å². The Labute approximate surface area is 196 Å². The molecule has 4 aromatic rings. The second-order valence-corrected chi connectivity index (χ2v) is 8.56. The number of Topliss-reactive ketones (excluding diaryl/α,β-unsaturated/α-hetero) is 1. The Kier molecular flexibility index (Phi) is 7.91. The van der Waals surface area contributed by atoms with E-state index in [1.807, 2.05) is 37.4 Å². The van der Waals surface area contributed by atoms with Crippen molar-refractivity contribution in [2.75, 3.05) is 0 Å². The highest BCUT2D eigenvalue weighted by Crippen LogP contribution is 2.28. The fraction of sp³-hybridized carbons (Fsp3) is 0.310. The minimum Gasteiger partial charge on any atom is -0.483 e. The second kappa shape index (κ2) is 11.5. The van der Waals surface area contributed by atoms with Gasteiger partial charge in [0.05, 0.1) is 0 Å². The van der Waals surface area contributed by atoms with E-state index in [4.69, 9.17) is 4.74 Å². The minimum absolute atomic E-state index is 0.155. The van der Waals surface area contributed by atoms with Gasteiger partial charge in [0, 0.05) is 31.2 Å². The van der Waals surface area contributed by atoms with E-state index in [0.29, 0.717) is 18.6 Å². The van der Waals surface area contributed by atoms with E-state index >= 15 is 0 Å². The highest BCUT2D eigenvalue weighted by molar-refractivity contribution is 5.83. The molecule has 0 aliphatic heterocycles. The Balaban J connectivity index is 1.46. The number of nitrogens with zero attached hydrogens (tertiary/aromatic N) is 1. The molecule has 1 N–H and O–H groups in total. The van der Waals surface area contributed by atoms with Gasteiger partial charge in [-0.2, -0.15) is 0 Å². The van der Waals surface area contributed by atoms with Crippen LogP contribution in [0.15, 0.2) is 79.0 Å². The molecule has 0 radical (unpaired) electrons. The van der Waals surface area contributed by atoms with Gasteiger partial charge in [-0.15, -0.1) is 0 Å². The number of nitrogens with one attached hydrogen (secondary N) is 1. The fourth-order valence-corrected chi connectivity index (χ4v) is 4.11. The molecule has 1 unspecified atom stereocenters. The summed E-state index contributed by atoms with van der Waals surface area (Å²) in [6.07, 6.45) is 7.68. The number of hydrogen-bond donors (Lipinski definition) is 1. The van der Waals surface area contributed by atoms with Gasteiger partial charge in [0.15, 0.2) is 6.10 Å². The summed E-state index contributed by atoms with van der Waals surface area (Å²) in [6, 6.07) is 24.9. The molecule has 0 aliphatic rings. The third-order valence-corrected chi connectivity index (χ3v) is 6.01. The fourth-order valence-electron chi connectivity index (χ4n) is 4.11. The van der Waals surface area contributed by atoms with Crippen LogP contribution < -0.4 is 4.74 Å². The number of H-pyrrole nitrogens is 1. The molecule has 0 amide bonds. The largest absolute Gasteiger partial charge is 0.483 e. The van der Waals surface area contributed by atoms with Crippen LogP contribution in [0.3, 0.4) is 0 Å². The standard InChI is InChI=1S/C29H32N2O2/c1-2-26(32)15-7-4-8-16-28(33-27-18-17-23-13-9-10-14-24(23)20-27)29-30-21-25(31-29)19-22-11-5-3-6-12-22/h3,5-6,9-14,17-18,20-21,28H,2,4,7-8,15-16,19H2,1H3,(H,30,31). The van der Waals surface area contributed by atoms with Gasteiger partial charge in [-0.25, -0.2) is 4.98 Å². The molecular weight excluding hydrogens is 408 g/mol. The van der Waals surface area contributed by atoms with Crippen molar-refractivity contribution in [2.24, 2.45) is 0 Å². The Morgan fingerprint density at radius 2 is 1.73 bits per heavy atom. The number of rotatable bonds is 12. The number of ether oxygens (including phenoxy) is 1. The molecule has 0 fully saturated rings. The average Bonchev–Trinajstić information content (AvgIpc) is 3.31. The zero-order valence-electron chi connectivity index (χ0n) is 19.3. The number of unbranched alkanes of at least 4 members (excludes halogenated alkanes) is 2. The summed E-state index contributed by atoms with van der Waals surface area (Å²) in [5, 5.41) is 2.36. The Bertz CT molecular complexity index is 1170. The van der Waals surface area contributed by atoms with Gasteiger partial charge in [-0.05, 0) is 47.7 Å². The third-order valence-electron chi connectivity index (χ3n) is 6.01. The molecule has 33 heavy (non-hydrogen) atoms. The summed E-state index contributed by atoms with van der Waals surface area (Å²) in [7, 11) is 0. The number of carbonyl (C=O) groups excluding carboxylic acids is 1. The molecule has 1 heterocycles. The summed E-state index contributed by atoms with van der Waals surface area (Å²) in [4.78, 5) is 19.8. The minimum atomic E-state index is -0.155. The normalized spacial score (nSPS) is 12.0. The van der Waals surface area contributed by atoms with E-state index in [1.54, 1.807) is 0 Å². The molecule has 1 atom stereocenters. The first-order valence-corrected chi connectivity index (χ1v) is 12.0. The molecular formula is C29H32N2O2.